The molecule has 13 heavy (non-hydrogen) atoms. The molecular formula is C10H18O3. The second-order valence-electron chi connectivity index (χ2n) is 2.91. The predicted molar refractivity (Wildman–Crippen MR) is 50.3 cm³/mol. The Bertz CT molecular complexity index is 175. The van der Waals surface area contributed by atoms with Gasteiger partial charge < -0.3 is 4.74 Å². The fourth-order valence-electron chi connectivity index (χ4n) is 1.19. The Morgan fingerprint density at radius 3 is 2.23 bits per heavy atom. The van der Waals surface area contributed by atoms with E-state index in [-0.39, 0.29) is 11.8 Å². The molecule has 0 heterocycles. The van der Waals surface area contributed by atoms with E-state index in [0.717, 1.165) is 6.42 Å². The van der Waals surface area contributed by atoms with Gasteiger partial charge in [-0.3, -0.25) is 9.59 Å². The molecule has 0 N–H and O–H groups in total. The van der Waals surface area contributed by atoms with Crippen LogP contribution < -0.4 is 0 Å². The minimum atomic E-state index is -0.532. The number of hydrogen-bond donors (Lipinski definition) is 0. The number of carbonyl (C=O) groups is 2. The van der Waals surface area contributed by atoms with Crippen molar-refractivity contribution < 1.29 is 14.3 Å². The first-order valence-corrected chi connectivity index (χ1v) is 4.86. The minimum Gasteiger partial charge on any atom is -0.465 e. The van der Waals surface area contributed by atoms with E-state index in [9.17, 15) is 9.59 Å². The number of carbonyl (C=O) groups excluding carboxylic acids is 2. The van der Waals surface area contributed by atoms with Crippen LogP contribution in [0.3, 0.4) is 0 Å². The van der Waals surface area contributed by atoms with Gasteiger partial charge >= 0.3 is 5.97 Å². The molecule has 0 aliphatic rings. The summed E-state index contributed by atoms with van der Waals surface area (Å²) in [7, 11) is 0. The topological polar surface area (TPSA) is 43.4 Å². The van der Waals surface area contributed by atoms with E-state index < -0.39 is 5.92 Å². The van der Waals surface area contributed by atoms with Crippen LogP contribution in [0.15, 0.2) is 0 Å². The highest BCUT2D eigenvalue weighted by atomic mass is 16.5. The summed E-state index contributed by atoms with van der Waals surface area (Å²) in [6, 6.07) is 0. The number of ketones is 1. The number of rotatable bonds is 6. The first-order chi connectivity index (χ1) is 6.17. The molecule has 0 aromatic heterocycles. The van der Waals surface area contributed by atoms with Gasteiger partial charge in [-0.1, -0.05) is 20.3 Å². The van der Waals surface area contributed by atoms with Crippen molar-refractivity contribution in [2.45, 2.75) is 40.0 Å². The molecule has 0 aromatic rings. The van der Waals surface area contributed by atoms with Gasteiger partial charge in [-0.2, -0.15) is 0 Å². The molecule has 76 valence electrons. The average Bonchev–Trinajstić information content (AvgIpc) is 2.13. The average molecular weight is 186 g/mol. The molecule has 0 amide bonds. The van der Waals surface area contributed by atoms with Crippen molar-refractivity contribution in [2.75, 3.05) is 6.61 Å². The molecule has 0 unspecified atom stereocenters. The lowest BCUT2D eigenvalue weighted by Gasteiger charge is -2.11. The van der Waals surface area contributed by atoms with Gasteiger partial charge in [-0.25, -0.2) is 0 Å². The van der Waals surface area contributed by atoms with Crippen LogP contribution in [0, 0.1) is 5.92 Å². The smallest absolute Gasteiger partial charge is 0.316 e. The van der Waals surface area contributed by atoms with Crippen LogP contribution in [0.1, 0.15) is 40.0 Å². The maximum Gasteiger partial charge on any atom is 0.316 e. The minimum absolute atomic E-state index is 0.0136. The van der Waals surface area contributed by atoms with Gasteiger partial charge in [-0.05, 0) is 13.3 Å². The van der Waals surface area contributed by atoms with Crippen molar-refractivity contribution in [2.24, 2.45) is 5.92 Å². The Labute approximate surface area is 79.5 Å². The van der Waals surface area contributed by atoms with Crippen molar-refractivity contribution in [3.8, 4) is 0 Å². The van der Waals surface area contributed by atoms with Gasteiger partial charge in [-0.15, -0.1) is 0 Å². The summed E-state index contributed by atoms with van der Waals surface area (Å²) in [5.74, 6) is -0.911. The fourth-order valence-corrected chi connectivity index (χ4v) is 1.19. The van der Waals surface area contributed by atoms with Crippen LogP contribution in [-0.2, 0) is 14.3 Å². The molecule has 1 atom stereocenters. The molecule has 0 aliphatic heterocycles. The highest BCUT2D eigenvalue weighted by Crippen LogP contribution is 2.11. The summed E-state index contributed by atoms with van der Waals surface area (Å²) in [6.07, 6.45) is 1.84. The normalized spacial score (nSPS) is 12.2. The van der Waals surface area contributed by atoms with Crippen LogP contribution >= 0.6 is 0 Å². The third-order valence-corrected chi connectivity index (χ3v) is 1.89. The molecule has 0 fully saturated rings. The molecule has 3 nitrogen and oxygen atoms in total. The quantitative estimate of drug-likeness (QED) is 0.470. The fraction of sp³-hybridized carbons (Fsp3) is 0.800. The van der Waals surface area contributed by atoms with Crippen LogP contribution in [-0.4, -0.2) is 18.4 Å². The molecule has 0 aliphatic carbocycles. The number of Topliss-reactive ketones (excluding diaryl/α,β-unsaturated/α-hetero) is 1. The first kappa shape index (κ1) is 12.1. The van der Waals surface area contributed by atoms with E-state index in [4.69, 9.17) is 4.74 Å². The second-order valence-corrected chi connectivity index (χ2v) is 2.91. The Balaban J connectivity index is 4.22. The monoisotopic (exact) mass is 186 g/mol. The van der Waals surface area contributed by atoms with Gasteiger partial charge in [0.15, 0.2) is 0 Å². The van der Waals surface area contributed by atoms with E-state index in [1.807, 2.05) is 6.92 Å². The van der Waals surface area contributed by atoms with Crippen LogP contribution in [0.25, 0.3) is 0 Å². The van der Waals surface area contributed by atoms with Gasteiger partial charge in [0.1, 0.15) is 11.7 Å². The van der Waals surface area contributed by atoms with E-state index >= 15 is 0 Å². The van der Waals surface area contributed by atoms with Gasteiger partial charge in [0.25, 0.3) is 0 Å². The van der Waals surface area contributed by atoms with Crippen molar-refractivity contribution in [3.63, 3.8) is 0 Å². The second kappa shape index (κ2) is 6.63. The Hall–Kier alpha value is -0.860. The first-order valence-electron chi connectivity index (χ1n) is 4.86. The molecule has 0 aromatic carbocycles. The predicted octanol–water partition coefficient (Wildman–Crippen LogP) is 1.94. The highest BCUT2D eigenvalue weighted by Gasteiger charge is 2.24. The van der Waals surface area contributed by atoms with E-state index in [0.29, 0.717) is 19.4 Å². The van der Waals surface area contributed by atoms with Crippen molar-refractivity contribution >= 4 is 11.8 Å². The molecular weight excluding hydrogens is 168 g/mol. The Kier molecular flexibility index (Phi) is 6.20. The third kappa shape index (κ3) is 4.06. The maximum absolute atomic E-state index is 11.3. The third-order valence-electron chi connectivity index (χ3n) is 1.89. The zero-order chi connectivity index (χ0) is 10.3. The standard InChI is InChI=1S/C10H18O3/c1-4-7-8(9(11)5-2)10(12)13-6-3/h8H,4-7H2,1-3H3/t8-/m1/s1. The Morgan fingerprint density at radius 2 is 1.85 bits per heavy atom. The van der Waals surface area contributed by atoms with Gasteiger partial charge in [0.05, 0.1) is 6.61 Å². The van der Waals surface area contributed by atoms with E-state index in [1.54, 1.807) is 13.8 Å². The molecule has 0 rings (SSSR count). The van der Waals surface area contributed by atoms with Crippen LogP contribution in [0.4, 0.5) is 0 Å². The molecule has 0 spiro atoms. The summed E-state index contributed by atoms with van der Waals surface area (Å²) in [6.45, 7) is 5.81. The summed E-state index contributed by atoms with van der Waals surface area (Å²) in [5, 5.41) is 0. The molecule has 0 bridgehead atoms. The highest BCUT2D eigenvalue weighted by molar-refractivity contribution is 5.98. The van der Waals surface area contributed by atoms with E-state index in [2.05, 4.69) is 0 Å². The summed E-state index contributed by atoms with van der Waals surface area (Å²) in [5.41, 5.74) is 0. The van der Waals surface area contributed by atoms with Crippen LogP contribution in [0.5, 0.6) is 0 Å². The van der Waals surface area contributed by atoms with Crippen molar-refractivity contribution in [1.29, 1.82) is 0 Å². The van der Waals surface area contributed by atoms with Crippen LogP contribution in [0.2, 0.25) is 0 Å². The molecule has 0 saturated heterocycles. The SMILES string of the molecule is CCC[C@H](C(=O)CC)C(=O)OCC. The largest absolute Gasteiger partial charge is 0.465 e. The van der Waals surface area contributed by atoms with Crippen molar-refractivity contribution in [1.82, 2.24) is 0 Å². The van der Waals surface area contributed by atoms with E-state index in [1.165, 1.54) is 0 Å². The van der Waals surface area contributed by atoms with Gasteiger partial charge in [0.2, 0.25) is 0 Å². The summed E-state index contributed by atoms with van der Waals surface area (Å²) >= 11 is 0. The number of ether oxygens (including phenoxy) is 1. The lowest BCUT2D eigenvalue weighted by Crippen LogP contribution is -2.25. The molecule has 0 saturated carbocycles. The molecule has 0 radical (unpaired) electrons. The summed E-state index contributed by atoms with van der Waals surface area (Å²) in [4.78, 5) is 22.6. The summed E-state index contributed by atoms with van der Waals surface area (Å²) < 4.78 is 4.82. The zero-order valence-corrected chi connectivity index (χ0v) is 8.63. The lowest BCUT2D eigenvalue weighted by molar-refractivity contribution is -0.151. The van der Waals surface area contributed by atoms with Crippen molar-refractivity contribution in [3.05, 3.63) is 0 Å². The zero-order valence-electron chi connectivity index (χ0n) is 8.63. The Morgan fingerprint density at radius 1 is 1.23 bits per heavy atom. The number of hydrogen-bond acceptors (Lipinski definition) is 3. The molecule has 3 heteroatoms. The number of esters is 1. The van der Waals surface area contributed by atoms with Gasteiger partial charge in [0, 0.05) is 6.42 Å². The lowest BCUT2D eigenvalue weighted by atomic mass is 9.97. The maximum atomic E-state index is 11.3.